The third kappa shape index (κ3) is 3.73. The van der Waals surface area contributed by atoms with Crippen molar-refractivity contribution in [2.24, 2.45) is 5.92 Å². The molecular weight excluding hydrogens is 378 g/mol. The molecule has 30 heavy (non-hydrogen) atoms. The van der Waals surface area contributed by atoms with Gasteiger partial charge in [-0.1, -0.05) is 12.1 Å². The molecule has 3 aromatic rings. The number of carbonyl (C=O) groups is 1. The fourth-order valence-corrected chi connectivity index (χ4v) is 4.34. The molecule has 5 rings (SSSR count). The number of nitrogens with zero attached hydrogens (tertiary/aromatic N) is 5. The van der Waals surface area contributed by atoms with Crippen LogP contribution in [-0.2, 0) is 9.53 Å². The van der Waals surface area contributed by atoms with Crippen LogP contribution < -0.4 is 4.90 Å². The zero-order valence-corrected chi connectivity index (χ0v) is 16.9. The lowest BCUT2D eigenvalue weighted by Gasteiger charge is -2.37. The number of piperidine rings is 1. The van der Waals surface area contributed by atoms with Crippen LogP contribution in [0.1, 0.15) is 12.8 Å². The third-order valence-corrected chi connectivity index (χ3v) is 5.91. The molecule has 2 aromatic heterocycles. The number of benzene rings is 1. The van der Waals surface area contributed by atoms with Crippen molar-refractivity contribution in [3.05, 3.63) is 48.8 Å². The molecule has 1 unspecified atom stereocenters. The van der Waals surface area contributed by atoms with E-state index in [4.69, 9.17) is 14.7 Å². The van der Waals surface area contributed by atoms with Gasteiger partial charge in [-0.2, -0.15) is 0 Å². The summed E-state index contributed by atoms with van der Waals surface area (Å²) in [5.41, 5.74) is 1.85. The van der Waals surface area contributed by atoms with E-state index in [1.165, 1.54) is 0 Å². The number of anilines is 1. The van der Waals surface area contributed by atoms with Gasteiger partial charge in [0.2, 0.25) is 5.91 Å². The topological polar surface area (TPSA) is 71.5 Å². The Morgan fingerprint density at radius 2 is 1.80 bits per heavy atom. The van der Waals surface area contributed by atoms with E-state index in [0.717, 1.165) is 41.7 Å². The number of carbonyl (C=O) groups excluding carboxylic acids is 1. The van der Waals surface area contributed by atoms with Crippen molar-refractivity contribution in [1.29, 1.82) is 0 Å². The molecule has 1 amide bonds. The molecule has 0 saturated carbocycles. The molecule has 154 valence electrons. The molecular formula is C23H25N5O2. The lowest BCUT2D eigenvalue weighted by Crippen LogP contribution is -2.48. The van der Waals surface area contributed by atoms with E-state index in [-0.39, 0.29) is 11.8 Å². The van der Waals surface area contributed by atoms with E-state index in [9.17, 15) is 4.79 Å². The van der Waals surface area contributed by atoms with Crippen molar-refractivity contribution in [1.82, 2.24) is 19.9 Å². The van der Waals surface area contributed by atoms with Crippen molar-refractivity contribution in [2.75, 3.05) is 44.3 Å². The summed E-state index contributed by atoms with van der Waals surface area (Å²) in [7, 11) is 0. The summed E-state index contributed by atoms with van der Waals surface area (Å²) >= 11 is 0. The second-order valence-corrected chi connectivity index (χ2v) is 7.85. The molecule has 2 saturated heterocycles. The van der Waals surface area contributed by atoms with E-state index < -0.39 is 0 Å². The molecule has 0 aliphatic carbocycles. The summed E-state index contributed by atoms with van der Waals surface area (Å²) in [5, 5.41) is 1.02. The summed E-state index contributed by atoms with van der Waals surface area (Å²) in [5.74, 6) is 1.84. The number of hydrogen-bond acceptors (Lipinski definition) is 6. The Morgan fingerprint density at radius 1 is 1.00 bits per heavy atom. The predicted octanol–water partition coefficient (Wildman–Crippen LogP) is 2.77. The van der Waals surface area contributed by atoms with Crippen molar-refractivity contribution < 1.29 is 9.53 Å². The molecule has 0 bridgehead atoms. The van der Waals surface area contributed by atoms with Crippen LogP contribution in [0.15, 0.2) is 48.8 Å². The highest BCUT2D eigenvalue weighted by atomic mass is 16.5. The zero-order chi connectivity index (χ0) is 20.3. The van der Waals surface area contributed by atoms with Crippen molar-refractivity contribution in [2.45, 2.75) is 12.8 Å². The first-order valence-electron chi connectivity index (χ1n) is 10.6. The maximum atomic E-state index is 13.1. The normalized spacial score (nSPS) is 19.8. The van der Waals surface area contributed by atoms with E-state index in [2.05, 4.69) is 16.0 Å². The third-order valence-electron chi connectivity index (χ3n) is 5.91. The number of morpholine rings is 1. The number of fused-ring (bicyclic) bond motifs is 1. The molecule has 1 aromatic carbocycles. The largest absolute Gasteiger partial charge is 0.378 e. The Balaban J connectivity index is 1.48. The van der Waals surface area contributed by atoms with Gasteiger partial charge in [-0.05, 0) is 37.1 Å². The maximum Gasteiger partial charge on any atom is 0.227 e. The van der Waals surface area contributed by atoms with Crippen LogP contribution >= 0.6 is 0 Å². The summed E-state index contributed by atoms with van der Waals surface area (Å²) in [6, 6.07) is 11.9. The number of rotatable bonds is 3. The van der Waals surface area contributed by atoms with Gasteiger partial charge >= 0.3 is 0 Å². The molecule has 0 N–H and O–H groups in total. The van der Waals surface area contributed by atoms with Gasteiger partial charge in [-0.25, -0.2) is 9.97 Å². The number of amides is 1. The average molecular weight is 403 g/mol. The molecule has 1 atom stereocenters. The highest BCUT2D eigenvalue weighted by Gasteiger charge is 2.31. The minimum Gasteiger partial charge on any atom is -0.378 e. The monoisotopic (exact) mass is 403 g/mol. The van der Waals surface area contributed by atoms with Crippen LogP contribution in [0.5, 0.6) is 0 Å². The lowest BCUT2D eigenvalue weighted by molar-refractivity contribution is -0.139. The molecule has 0 spiro atoms. The maximum absolute atomic E-state index is 13.1. The quantitative estimate of drug-likeness (QED) is 0.670. The first-order chi connectivity index (χ1) is 14.8. The summed E-state index contributed by atoms with van der Waals surface area (Å²) in [4.78, 5) is 31.1. The van der Waals surface area contributed by atoms with Gasteiger partial charge in [-0.15, -0.1) is 0 Å². The second kappa shape index (κ2) is 8.36. The second-order valence-electron chi connectivity index (χ2n) is 7.85. The summed E-state index contributed by atoms with van der Waals surface area (Å²) in [6.45, 7) is 4.23. The summed E-state index contributed by atoms with van der Waals surface area (Å²) in [6.07, 6.45) is 5.41. The smallest absolute Gasteiger partial charge is 0.227 e. The first-order valence-corrected chi connectivity index (χ1v) is 10.6. The van der Waals surface area contributed by atoms with E-state index in [0.29, 0.717) is 38.7 Å². The minimum absolute atomic E-state index is 0.00467. The number of pyridine rings is 1. The van der Waals surface area contributed by atoms with Gasteiger partial charge in [-0.3, -0.25) is 9.78 Å². The molecule has 2 aliphatic rings. The van der Waals surface area contributed by atoms with Gasteiger partial charge in [0, 0.05) is 49.5 Å². The fraction of sp³-hybridized carbons (Fsp3) is 0.391. The van der Waals surface area contributed by atoms with Crippen LogP contribution in [0.4, 0.5) is 5.82 Å². The van der Waals surface area contributed by atoms with Gasteiger partial charge in [0.15, 0.2) is 5.82 Å². The number of ether oxygens (including phenoxy) is 1. The van der Waals surface area contributed by atoms with Crippen LogP contribution in [0.25, 0.3) is 22.3 Å². The van der Waals surface area contributed by atoms with Crippen LogP contribution in [-0.4, -0.2) is 65.2 Å². The fourth-order valence-electron chi connectivity index (χ4n) is 4.34. The van der Waals surface area contributed by atoms with Crippen LogP contribution in [0.3, 0.4) is 0 Å². The summed E-state index contributed by atoms with van der Waals surface area (Å²) < 4.78 is 5.41. The molecule has 0 radical (unpaired) electrons. The van der Waals surface area contributed by atoms with Gasteiger partial charge in [0.1, 0.15) is 5.82 Å². The lowest BCUT2D eigenvalue weighted by atomic mass is 9.96. The Morgan fingerprint density at radius 3 is 2.63 bits per heavy atom. The average Bonchev–Trinajstić information content (AvgIpc) is 2.84. The Kier molecular flexibility index (Phi) is 5.27. The molecule has 2 fully saturated rings. The molecule has 4 heterocycles. The SMILES string of the molecule is O=C(C1CCCN(c2nc(-c3ccncc3)nc3ccccc23)C1)N1CCOCC1. The Hall–Kier alpha value is -3.06. The highest BCUT2D eigenvalue weighted by molar-refractivity contribution is 5.91. The van der Waals surface area contributed by atoms with Crippen molar-refractivity contribution in [3.63, 3.8) is 0 Å². The van der Waals surface area contributed by atoms with Gasteiger partial charge in [0.05, 0.1) is 24.6 Å². The van der Waals surface area contributed by atoms with Crippen molar-refractivity contribution >= 4 is 22.6 Å². The first kappa shape index (κ1) is 18.9. The van der Waals surface area contributed by atoms with E-state index in [1.807, 2.05) is 35.2 Å². The highest BCUT2D eigenvalue weighted by Crippen LogP contribution is 2.31. The van der Waals surface area contributed by atoms with E-state index >= 15 is 0 Å². The number of aromatic nitrogens is 3. The molecule has 2 aliphatic heterocycles. The number of hydrogen-bond donors (Lipinski definition) is 0. The standard InChI is InChI=1S/C23H25N5O2/c29-23(27-12-14-30-15-13-27)18-4-3-11-28(16-18)22-19-5-1-2-6-20(19)25-21(26-22)17-7-9-24-10-8-17/h1-2,5-10,18H,3-4,11-16H2. The Labute approximate surface area is 175 Å². The van der Waals surface area contributed by atoms with Gasteiger partial charge in [0.25, 0.3) is 0 Å². The zero-order valence-electron chi connectivity index (χ0n) is 16.9. The molecule has 7 heteroatoms. The van der Waals surface area contributed by atoms with Gasteiger partial charge < -0.3 is 14.5 Å². The van der Waals surface area contributed by atoms with E-state index in [1.54, 1.807) is 12.4 Å². The predicted molar refractivity (Wildman–Crippen MR) is 115 cm³/mol. The number of para-hydroxylation sites is 1. The molecule has 7 nitrogen and oxygen atoms in total. The van der Waals surface area contributed by atoms with Crippen LogP contribution in [0.2, 0.25) is 0 Å². The van der Waals surface area contributed by atoms with Crippen molar-refractivity contribution in [3.8, 4) is 11.4 Å². The minimum atomic E-state index is -0.00467. The Bertz CT molecular complexity index is 1040. The van der Waals surface area contributed by atoms with Crippen LogP contribution in [0, 0.1) is 5.92 Å².